The topological polar surface area (TPSA) is 110 Å². The molecule has 0 aliphatic carbocycles. The van der Waals surface area contributed by atoms with Gasteiger partial charge in [0.25, 0.3) is 0 Å². The van der Waals surface area contributed by atoms with E-state index in [1.165, 1.54) is 0 Å². The molecule has 0 spiro atoms. The third kappa shape index (κ3) is 35.8. The second-order valence-corrected chi connectivity index (χ2v) is 2.39. The maximum absolute atomic E-state index is 9.24. The summed E-state index contributed by atoms with van der Waals surface area (Å²) in [5, 5.41) is 7.57. The van der Waals surface area contributed by atoms with Crippen LogP contribution in [-0.2, 0) is 40.7 Å². The van der Waals surface area contributed by atoms with Crippen LogP contribution in [0.2, 0.25) is 0 Å². The smallest absolute Gasteiger partial charge is 0.563 e. The third-order valence-corrected chi connectivity index (χ3v) is 1.20. The van der Waals surface area contributed by atoms with Crippen LogP contribution in [0.3, 0.4) is 0 Å². The van der Waals surface area contributed by atoms with Crippen LogP contribution in [0, 0.1) is 0 Å². The van der Waals surface area contributed by atoms with Crippen molar-refractivity contribution in [2.45, 2.75) is 6.92 Å². The summed E-state index contributed by atoms with van der Waals surface area (Å²) in [7, 11) is -6.47. The molecule has 0 radical (unpaired) electrons. The molecule has 0 bridgehead atoms. The van der Waals surface area contributed by atoms with Crippen LogP contribution in [0.15, 0.2) is 0 Å². The summed E-state index contributed by atoms with van der Waals surface area (Å²) >= 11 is 0. The molecule has 0 aliphatic heterocycles. The number of aliphatic hydroxyl groups is 1. The van der Waals surface area contributed by atoms with E-state index in [2.05, 4.69) is 4.31 Å². The van der Waals surface area contributed by atoms with Gasteiger partial charge in [0, 0.05) is 6.61 Å². The van der Waals surface area contributed by atoms with E-state index in [1.807, 2.05) is 0 Å². The summed E-state index contributed by atoms with van der Waals surface area (Å²) in [4.78, 5) is 18.5. The second-order valence-electron chi connectivity index (χ2n) is 0.845. The molecule has 0 fully saturated rings. The predicted octanol–water partition coefficient (Wildman–Crippen LogP) is -0.966. The zero-order chi connectivity index (χ0) is 8.57. The summed E-state index contributed by atoms with van der Waals surface area (Å²) in [6.07, 6.45) is 0. The van der Waals surface area contributed by atoms with Crippen LogP contribution in [0.25, 0.3) is 0 Å². The molecule has 2 atom stereocenters. The van der Waals surface area contributed by atoms with Gasteiger partial charge in [-0.3, -0.25) is 0 Å². The van der Waals surface area contributed by atoms with Gasteiger partial charge < -0.3 is 14.9 Å². The van der Waals surface area contributed by atoms with Gasteiger partial charge in [0.15, 0.2) is 0 Å². The first-order valence-electron chi connectivity index (χ1n) is 2.12. The summed E-state index contributed by atoms with van der Waals surface area (Å²) in [6.45, 7) is 1.93. The fourth-order valence-corrected chi connectivity index (χ4v) is 0.490. The van der Waals surface area contributed by atoms with E-state index in [0.29, 0.717) is 0 Å². The Bertz CT molecular complexity index is 105. The molecule has 0 aliphatic rings. The Morgan fingerprint density at radius 1 is 1.36 bits per heavy atom. The average Bonchev–Trinajstić information content (AvgIpc) is 1.62. The Balaban J connectivity index is -0.000000140. The standard InChI is InChI=1S/C2H6O.Cd.O5P2/c1-2-3;;1-6(2)5-7(3)4/h3H,2H2,1H3;;/q;+2;. The van der Waals surface area contributed by atoms with Crippen molar-refractivity contribution >= 4 is 16.5 Å². The minimum Gasteiger partial charge on any atom is -0.563 e. The summed E-state index contributed by atoms with van der Waals surface area (Å²) in [6, 6.07) is 0. The maximum atomic E-state index is 9.24. The fourth-order valence-electron chi connectivity index (χ4n) is 0.0544. The molecule has 60 valence electrons. The van der Waals surface area contributed by atoms with Crippen LogP contribution < -0.4 is 9.79 Å². The van der Waals surface area contributed by atoms with E-state index in [1.54, 1.807) is 6.92 Å². The number of rotatable bonds is 2. The quantitative estimate of drug-likeness (QED) is 0.519. The van der Waals surface area contributed by atoms with E-state index in [4.69, 9.17) is 5.11 Å². The Morgan fingerprint density at radius 3 is 1.55 bits per heavy atom. The monoisotopic (exact) mass is 302 g/mol. The van der Waals surface area contributed by atoms with Crippen LogP contribution in [0.5, 0.6) is 0 Å². The minimum absolute atomic E-state index is 0. The van der Waals surface area contributed by atoms with Gasteiger partial charge in [0.05, 0.1) is 0 Å². The Labute approximate surface area is 85.6 Å². The van der Waals surface area contributed by atoms with Gasteiger partial charge in [-0.2, -0.15) is 0 Å². The Hall–Kier alpha value is 0.962. The molecule has 0 heterocycles. The molecule has 0 aromatic heterocycles. The molecule has 11 heavy (non-hydrogen) atoms. The SMILES string of the molecule is CCO.O=[P+]([O-])O[P+](=O)[O-].[Cd+2]. The van der Waals surface area contributed by atoms with Crippen molar-refractivity contribution in [3.63, 3.8) is 0 Å². The van der Waals surface area contributed by atoms with Crippen LogP contribution in [-0.4, -0.2) is 11.7 Å². The van der Waals surface area contributed by atoms with E-state index < -0.39 is 16.5 Å². The maximum Gasteiger partial charge on any atom is 2.00 e. The van der Waals surface area contributed by atoms with Gasteiger partial charge in [-0.1, -0.05) is 0 Å². The largest absolute Gasteiger partial charge is 2.00 e. The molecule has 0 aromatic carbocycles. The van der Waals surface area contributed by atoms with Gasteiger partial charge in [-0.25, -0.2) is 0 Å². The molecular formula is C2H6CdO6P2+2. The normalized spacial score (nSPS) is 10.2. The molecule has 9 heteroatoms. The molecule has 0 amide bonds. The van der Waals surface area contributed by atoms with Gasteiger partial charge >= 0.3 is 43.8 Å². The molecule has 0 saturated carbocycles. The number of hydrogen-bond acceptors (Lipinski definition) is 6. The minimum atomic E-state index is -3.24. The second kappa shape index (κ2) is 13.5. The average molecular weight is 300 g/mol. The molecular weight excluding hydrogens is 294 g/mol. The molecule has 0 rings (SSSR count). The van der Waals surface area contributed by atoms with Crippen molar-refractivity contribution < 1.29 is 55.6 Å². The number of aliphatic hydroxyl groups excluding tert-OH is 1. The molecule has 2 unspecified atom stereocenters. The van der Waals surface area contributed by atoms with Crippen molar-refractivity contribution in [2.75, 3.05) is 6.61 Å². The fraction of sp³-hybridized carbons (Fsp3) is 1.00. The van der Waals surface area contributed by atoms with Crippen molar-refractivity contribution in [3.8, 4) is 0 Å². The first-order chi connectivity index (χ1) is 4.54. The van der Waals surface area contributed by atoms with E-state index in [9.17, 15) is 18.9 Å². The van der Waals surface area contributed by atoms with Crippen molar-refractivity contribution in [1.82, 2.24) is 0 Å². The van der Waals surface area contributed by atoms with Crippen molar-refractivity contribution in [1.29, 1.82) is 0 Å². The zero-order valence-electron chi connectivity index (χ0n) is 5.80. The van der Waals surface area contributed by atoms with E-state index >= 15 is 0 Å². The third-order valence-electron chi connectivity index (χ3n) is 0.133. The predicted molar refractivity (Wildman–Crippen MR) is 29.1 cm³/mol. The van der Waals surface area contributed by atoms with Gasteiger partial charge in [-0.05, 0) is 16.1 Å². The zero-order valence-corrected chi connectivity index (χ0v) is 11.6. The number of hydrogen-bond donors (Lipinski definition) is 1. The molecule has 0 saturated heterocycles. The van der Waals surface area contributed by atoms with Gasteiger partial charge in [-0.15, -0.1) is 0 Å². The molecule has 0 aromatic rings. The van der Waals surface area contributed by atoms with Crippen molar-refractivity contribution in [3.05, 3.63) is 0 Å². The van der Waals surface area contributed by atoms with Gasteiger partial charge in [0.1, 0.15) is 4.31 Å². The Kier molecular flexibility index (Phi) is 22.0. The summed E-state index contributed by atoms with van der Waals surface area (Å²) in [5.74, 6) is 0. The van der Waals surface area contributed by atoms with Crippen LogP contribution in [0.4, 0.5) is 0 Å². The van der Waals surface area contributed by atoms with E-state index in [0.717, 1.165) is 0 Å². The molecule has 1 N–H and O–H groups in total. The first kappa shape index (κ1) is 17.9. The Morgan fingerprint density at radius 2 is 1.55 bits per heavy atom. The van der Waals surface area contributed by atoms with E-state index in [-0.39, 0.29) is 33.9 Å². The van der Waals surface area contributed by atoms with Gasteiger partial charge in [0.2, 0.25) is 0 Å². The molecule has 6 nitrogen and oxygen atoms in total. The van der Waals surface area contributed by atoms with Crippen molar-refractivity contribution in [2.24, 2.45) is 0 Å². The van der Waals surface area contributed by atoms with Crippen LogP contribution >= 0.6 is 16.5 Å². The summed E-state index contributed by atoms with van der Waals surface area (Å²) in [5.41, 5.74) is 0. The first-order valence-corrected chi connectivity index (χ1v) is 4.31. The summed E-state index contributed by atoms with van der Waals surface area (Å²) < 4.78 is 21.6. The van der Waals surface area contributed by atoms with Crippen LogP contribution in [0.1, 0.15) is 6.92 Å².